The van der Waals surface area contributed by atoms with Gasteiger partial charge in [-0.05, 0) is 23.3 Å². The Bertz CT molecular complexity index is 913. The minimum atomic E-state index is -0.455. The molecule has 0 atom stereocenters. The Morgan fingerprint density at radius 1 is 1.25 bits per heavy atom. The molecule has 3 rings (SSSR count). The maximum absolute atomic E-state index is 11.6. The number of hydrogen-bond donors (Lipinski definition) is 3. The summed E-state index contributed by atoms with van der Waals surface area (Å²) in [6.07, 6.45) is 1.78. The van der Waals surface area contributed by atoms with Crippen LogP contribution in [-0.4, -0.2) is 33.1 Å². The molecule has 0 unspecified atom stereocenters. The van der Waals surface area contributed by atoms with Gasteiger partial charge in [-0.15, -0.1) is 0 Å². The Balaban J connectivity index is 2.09. The Kier molecular flexibility index (Phi) is 3.63. The summed E-state index contributed by atoms with van der Waals surface area (Å²) < 4.78 is 4.71. The van der Waals surface area contributed by atoms with Gasteiger partial charge in [0.1, 0.15) is 5.65 Å². The van der Waals surface area contributed by atoms with Crippen LogP contribution in [0.5, 0.6) is 5.88 Å². The van der Waals surface area contributed by atoms with E-state index in [1.54, 1.807) is 18.3 Å². The fourth-order valence-electron chi connectivity index (χ4n) is 2.82. The number of aromatic nitrogens is 3. The first-order chi connectivity index (χ1) is 11.3. The van der Waals surface area contributed by atoms with Crippen LogP contribution in [0, 0.1) is 0 Å². The molecule has 0 aliphatic rings. The molecular formula is C17H18N4O3. The van der Waals surface area contributed by atoms with Crippen LogP contribution in [0.1, 0.15) is 35.3 Å². The number of fused-ring (bicyclic) bond motifs is 1. The number of aromatic hydroxyl groups is 1. The number of carbonyl (C=O) groups is 1. The van der Waals surface area contributed by atoms with E-state index >= 15 is 0 Å². The summed E-state index contributed by atoms with van der Waals surface area (Å²) in [5.41, 5.74) is 7.87. The van der Waals surface area contributed by atoms with Crippen LogP contribution in [0.2, 0.25) is 0 Å². The molecule has 1 aromatic carbocycles. The number of benzene rings is 1. The van der Waals surface area contributed by atoms with E-state index in [4.69, 9.17) is 10.5 Å². The van der Waals surface area contributed by atoms with Crippen molar-refractivity contribution in [1.82, 2.24) is 15.0 Å². The average molecular weight is 326 g/mol. The SMILES string of the molecule is COC(=O)c1ccc(C(C)(C)c2c[nH]c3nc(N)nc(O)c23)cc1. The molecule has 2 aromatic heterocycles. The van der Waals surface area contributed by atoms with Gasteiger partial charge in [-0.25, -0.2) is 4.79 Å². The summed E-state index contributed by atoms with van der Waals surface area (Å²) in [5.74, 6) is -0.533. The molecular weight excluding hydrogens is 308 g/mol. The summed E-state index contributed by atoms with van der Waals surface area (Å²) in [5, 5.41) is 10.7. The lowest BCUT2D eigenvalue weighted by Crippen LogP contribution is -2.19. The maximum Gasteiger partial charge on any atom is 0.337 e. The molecule has 7 heteroatoms. The number of nitrogens with one attached hydrogen (secondary N) is 1. The van der Waals surface area contributed by atoms with Crippen LogP contribution in [0.25, 0.3) is 11.0 Å². The van der Waals surface area contributed by atoms with Gasteiger partial charge in [0.25, 0.3) is 0 Å². The fourth-order valence-corrected chi connectivity index (χ4v) is 2.82. The van der Waals surface area contributed by atoms with Crippen molar-refractivity contribution in [3.8, 4) is 5.88 Å². The van der Waals surface area contributed by atoms with E-state index in [-0.39, 0.29) is 17.8 Å². The van der Waals surface area contributed by atoms with Crippen LogP contribution < -0.4 is 5.73 Å². The second-order valence-electron chi connectivity index (χ2n) is 6.03. The molecule has 0 bridgehead atoms. The van der Waals surface area contributed by atoms with Crippen LogP contribution in [0.3, 0.4) is 0 Å². The second kappa shape index (κ2) is 5.52. The molecule has 0 aliphatic carbocycles. The first kappa shape index (κ1) is 15.8. The van der Waals surface area contributed by atoms with Crippen molar-refractivity contribution in [2.75, 3.05) is 12.8 Å². The number of anilines is 1. The van der Waals surface area contributed by atoms with Crippen LogP contribution in [0.4, 0.5) is 5.95 Å². The maximum atomic E-state index is 11.6. The van der Waals surface area contributed by atoms with E-state index in [9.17, 15) is 9.90 Å². The van der Waals surface area contributed by atoms with Crippen molar-refractivity contribution >= 4 is 23.0 Å². The predicted octanol–water partition coefficient (Wildman–Crippen LogP) is 2.36. The third-order valence-corrected chi connectivity index (χ3v) is 4.23. The van der Waals surface area contributed by atoms with E-state index in [1.165, 1.54) is 7.11 Å². The first-order valence-corrected chi connectivity index (χ1v) is 7.37. The van der Waals surface area contributed by atoms with E-state index < -0.39 is 5.41 Å². The number of nitrogens with zero attached hydrogens (tertiary/aromatic N) is 2. The highest BCUT2D eigenvalue weighted by Crippen LogP contribution is 2.38. The van der Waals surface area contributed by atoms with E-state index in [1.807, 2.05) is 26.0 Å². The number of esters is 1. The molecule has 124 valence electrons. The van der Waals surface area contributed by atoms with Crippen molar-refractivity contribution in [2.24, 2.45) is 0 Å². The summed E-state index contributed by atoms with van der Waals surface area (Å²) in [6, 6.07) is 7.15. The summed E-state index contributed by atoms with van der Waals surface area (Å²) in [7, 11) is 1.35. The number of carbonyl (C=O) groups excluding carboxylic acids is 1. The van der Waals surface area contributed by atoms with Crippen LogP contribution >= 0.6 is 0 Å². The van der Waals surface area contributed by atoms with Crippen molar-refractivity contribution in [3.05, 3.63) is 47.2 Å². The Hall–Kier alpha value is -3.09. The fraction of sp³-hybridized carbons (Fsp3) is 0.235. The van der Waals surface area contributed by atoms with Crippen LogP contribution in [0.15, 0.2) is 30.5 Å². The number of rotatable bonds is 3. The molecule has 0 fully saturated rings. The summed E-state index contributed by atoms with van der Waals surface area (Å²) >= 11 is 0. The minimum absolute atomic E-state index is 0.00800. The molecule has 0 aliphatic heterocycles. The van der Waals surface area contributed by atoms with Crippen molar-refractivity contribution in [2.45, 2.75) is 19.3 Å². The van der Waals surface area contributed by atoms with Gasteiger partial charge in [0.2, 0.25) is 11.8 Å². The lowest BCUT2D eigenvalue weighted by Gasteiger charge is -2.25. The number of H-pyrrole nitrogens is 1. The summed E-state index contributed by atoms with van der Waals surface area (Å²) in [6.45, 7) is 4.02. The third-order valence-electron chi connectivity index (χ3n) is 4.23. The Morgan fingerprint density at radius 3 is 2.54 bits per heavy atom. The predicted molar refractivity (Wildman–Crippen MR) is 89.9 cm³/mol. The average Bonchev–Trinajstić information content (AvgIpc) is 2.99. The number of hydrogen-bond acceptors (Lipinski definition) is 6. The smallest absolute Gasteiger partial charge is 0.337 e. The van der Waals surface area contributed by atoms with Gasteiger partial charge >= 0.3 is 5.97 Å². The van der Waals surface area contributed by atoms with E-state index in [0.717, 1.165) is 11.1 Å². The Morgan fingerprint density at radius 2 is 1.92 bits per heavy atom. The molecule has 0 spiro atoms. The molecule has 24 heavy (non-hydrogen) atoms. The Labute approximate surface area is 138 Å². The number of aromatic amines is 1. The quantitative estimate of drug-likeness (QED) is 0.637. The third kappa shape index (κ3) is 2.44. The zero-order chi connectivity index (χ0) is 17.5. The standard InChI is InChI=1S/C17H18N4O3/c1-17(2,10-6-4-9(5-7-10)15(23)24-3)11-8-19-13-12(11)14(22)21-16(18)20-13/h4-8H,1-3H3,(H4,18,19,20,21,22). The molecule has 2 heterocycles. The van der Waals surface area contributed by atoms with Crippen molar-refractivity contribution in [1.29, 1.82) is 0 Å². The van der Waals surface area contributed by atoms with Crippen molar-refractivity contribution in [3.63, 3.8) is 0 Å². The number of nitrogen functional groups attached to an aromatic ring is 1. The number of methoxy groups -OCH3 is 1. The van der Waals surface area contributed by atoms with Gasteiger partial charge in [-0.1, -0.05) is 26.0 Å². The monoisotopic (exact) mass is 326 g/mol. The summed E-state index contributed by atoms with van der Waals surface area (Å²) in [4.78, 5) is 22.5. The zero-order valence-corrected chi connectivity index (χ0v) is 13.6. The van der Waals surface area contributed by atoms with Gasteiger partial charge in [0.05, 0.1) is 18.1 Å². The molecule has 0 saturated carbocycles. The van der Waals surface area contributed by atoms with E-state index in [0.29, 0.717) is 16.6 Å². The molecule has 0 radical (unpaired) electrons. The van der Waals surface area contributed by atoms with Crippen LogP contribution in [-0.2, 0) is 10.2 Å². The highest BCUT2D eigenvalue weighted by Gasteiger charge is 2.28. The van der Waals surface area contributed by atoms with Gasteiger partial charge in [0.15, 0.2) is 0 Å². The van der Waals surface area contributed by atoms with Gasteiger partial charge < -0.3 is 20.6 Å². The first-order valence-electron chi connectivity index (χ1n) is 7.37. The normalized spacial score (nSPS) is 11.6. The molecule has 0 amide bonds. The van der Waals surface area contributed by atoms with E-state index in [2.05, 4.69) is 15.0 Å². The van der Waals surface area contributed by atoms with Crippen molar-refractivity contribution < 1.29 is 14.6 Å². The molecule has 7 nitrogen and oxygen atoms in total. The minimum Gasteiger partial charge on any atom is -0.493 e. The lowest BCUT2D eigenvalue weighted by molar-refractivity contribution is 0.0600. The van der Waals surface area contributed by atoms with Gasteiger partial charge in [-0.2, -0.15) is 9.97 Å². The lowest BCUT2D eigenvalue weighted by atomic mass is 9.78. The van der Waals surface area contributed by atoms with Gasteiger partial charge in [-0.3, -0.25) is 0 Å². The number of ether oxygens (including phenoxy) is 1. The number of nitrogens with two attached hydrogens (primary N) is 1. The zero-order valence-electron chi connectivity index (χ0n) is 13.6. The highest BCUT2D eigenvalue weighted by atomic mass is 16.5. The second-order valence-corrected chi connectivity index (χ2v) is 6.03. The molecule has 4 N–H and O–H groups in total. The topological polar surface area (TPSA) is 114 Å². The molecule has 0 saturated heterocycles. The largest absolute Gasteiger partial charge is 0.493 e. The molecule has 3 aromatic rings. The van der Waals surface area contributed by atoms with Gasteiger partial charge in [0, 0.05) is 11.6 Å². The highest BCUT2D eigenvalue weighted by molar-refractivity contribution is 5.89.